The van der Waals surface area contributed by atoms with Crippen molar-refractivity contribution in [2.45, 2.75) is 45.2 Å². The first-order valence-electron chi connectivity index (χ1n) is 6.59. The molecule has 1 aromatic heterocycles. The topological polar surface area (TPSA) is 75.4 Å². The molecule has 1 saturated heterocycles. The monoisotopic (exact) mass is 265 g/mol. The van der Waals surface area contributed by atoms with E-state index in [1.165, 1.54) is 0 Å². The minimum atomic E-state index is -0.888. The molecule has 6 heteroatoms. The van der Waals surface area contributed by atoms with Gasteiger partial charge >= 0.3 is 5.97 Å². The molecule has 1 aromatic rings. The fraction of sp³-hybridized carbons (Fsp3) is 0.615. The summed E-state index contributed by atoms with van der Waals surface area (Å²) in [5.41, 5.74) is -0.217. The van der Waals surface area contributed by atoms with Crippen molar-refractivity contribution in [1.82, 2.24) is 9.55 Å². The van der Waals surface area contributed by atoms with Crippen molar-refractivity contribution in [3.8, 4) is 0 Å². The van der Waals surface area contributed by atoms with Gasteiger partial charge < -0.3 is 14.6 Å². The highest BCUT2D eigenvalue weighted by Crippen LogP contribution is 2.21. The number of hydrogen-bond donors (Lipinski definition) is 1. The van der Waals surface area contributed by atoms with Gasteiger partial charge in [-0.25, -0.2) is 9.78 Å². The summed E-state index contributed by atoms with van der Waals surface area (Å²) in [5.74, 6) is -0.635. The second-order valence-corrected chi connectivity index (χ2v) is 5.10. The Morgan fingerprint density at radius 2 is 2.21 bits per heavy atom. The fourth-order valence-electron chi connectivity index (χ4n) is 2.46. The Bertz CT molecular complexity index is 524. The largest absolute Gasteiger partial charge is 0.480 e. The molecule has 1 atom stereocenters. The molecular formula is C13H19N3O3. The van der Waals surface area contributed by atoms with Gasteiger partial charge in [0.2, 0.25) is 0 Å². The van der Waals surface area contributed by atoms with E-state index in [1.54, 1.807) is 21.9 Å². The Hall–Kier alpha value is -1.85. The van der Waals surface area contributed by atoms with Crippen LogP contribution in [0.3, 0.4) is 0 Å². The molecule has 2 heterocycles. The van der Waals surface area contributed by atoms with Crippen molar-refractivity contribution in [3.63, 3.8) is 0 Å². The van der Waals surface area contributed by atoms with Gasteiger partial charge in [-0.05, 0) is 33.1 Å². The molecular weight excluding hydrogens is 246 g/mol. The Morgan fingerprint density at radius 3 is 2.84 bits per heavy atom. The van der Waals surface area contributed by atoms with Gasteiger partial charge in [0.05, 0.1) is 0 Å². The molecule has 0 amide bonds. The maximum Gasteiger partial charge on any atom is 0.326 e. The third kappa shape index (κ3) is 2.62. The van der Waals surface area contributed by atoms with Gasteiger partial charge in [0, 0.05) is 25.0 Å². The van der Waals surface area contributed by atoms with Crippen LogP contribution in [0.5, 0.6) is 0 Å². The van der Waals surface area contributed by atoms with E-state index in [9.17, 15) is 14.7 Å². The third-order valence-corrected chi connectivity index (χ3v) is 3.47. The third-order valence-electron chi connectivity index (χ3n) is 3.47. The van der Waals surface area contributed by atoms with Crippen molar-refractivity contribution in [2.24, 2.45) is 0 Å². The molecule has 0 radical (unpaired) electrons. The van der Waals surface area contributed by atoms with Gasteiger partial charge in [-0.3, -0.25) is 4.79 Å². The Labute approximate surface area is 111 Å². The van der Waals surface area contributed by atoms with Crippen LogP contribution in [0.25, 0.3) is 0 Å². The summed E-state index contributed by atoms with van der Waals surface area (Å²) < 4.78 is 1.58. The highest BCUT2D eigenvalue weighted by molar-refractivity contribution is 5.77. The van der Waals surface area contributed by atoms with Crippen LogP contribution < -0.4 is 10.5 Å². The predicted octanol–water partition coefficient (Wildman–Crippen LogP) is 1.27. The molecule has 104 valence electrons. The Balaban J connectivity index is 2.42. The van der Waals surface area contributed by atoms with Crippen LogP contribution in [-0.4, -0.2) is 33.2 Å². The number of aromatic nitrogens is 2. The van der Waals surface area contributed by atoms with Crippen LogP contribution in [0.1, 0.15) is 39.2 Å². The summed E-state index contributed by atoms with van der Waals surface area (Å²) in [5, 5.41) is 9.26. The molecule has 6 nitrogen and oxygen atoms in total. The summed E-state index contributed by atoms with van der Waals surface area (Å²) in [7, 11) is 0. The van der Waals surface area contributed by atoms with E-state index < -0.39 is 12.0 Å². The van der Waals surface area contributed by atoms with Crippen LogP contribution in [-0.2, 0) is 4.79 Å². The minimum absolute atomic E-state index is 0.0299. The molecule has 0 aliphatic carbocycles. The number of aliphatic carboxylic acids is 1. The molecule has 1 fully saturated rings. The summed E-state index contributed by atoms with van der Waals surface area (Å²) >= 11 is 0. The average molecular weight is 265 g/mol. The van der Waals surface area contributed by atoms with Crippen LogP contribution in [0.4, 0.5) is 5.82 Å². The smallest absolute Gasteiger partial charge is 0.326 e. The lowest BCUT2D eigenvalue weighted by Crippen LogP contribution is -2.48. The summed E-state index contributed by atoms with van der Waals surface area (Å²) in [6, 6.07) is -0.612. The van der Waals surface area contributed by atoms with Crippen molar-refractivity contribution in [2.75, 3.05) is 11.4 Å². The van der Waals surface area contributed by atoms with E-state index in [0.29, 0.717) is 13.0 Å². The molecule has 19 heavy (non-hydrogen) atoms. The lowest BCUT2D eigenvalue weighted by Gasteiger charge is -2.33. The zero-order chi connectivity index (χ0) is 14.0. The van der Waals surface area contributed by atoms with Gasteiger partial charge in [0.25, 0.3) is 5.56 Å². The van der Waals surface area contributed by atoms with Crippen molar-refractivity contribution in [1.29, 1.82) is 0 Å². The minimum Gasteiger partial charge on any atom is -0.480 e. The average Bonchev–Trinajstić information content (AvgIpc) is 2.38. The highest BCUT2D eigenvalue weighted by atomic mass is 16.4. The molecule has 2 rings (SSSR count). The zero-order valence-corrected chi connectivity index (χ0v) is 11.2. The van der Waals surface area contributed by atoms with E-state index in [4.69, 9.17) is 0 Å². The second kappa shape index (κ2) is 5.42. The maximum absolute atomic E-state index is 12.3. The summed E-state index contributed by atoms with van der Waals surface area (Å²) in [6.07, 6.45) is 5.52. The molecule has 1 aliphatic rings. The van der Waals surface area contributed by atoms with Gasteiger partial charge in [-0.15, -0.1) is 0 Å². The molecule has 1 unspecified atom stereocenters. The number of hydrogen-bond acceptors (Lipinski definition) is 4. The highest BCUT2D eigenvalue weighted by Gasteiger charge is 2.31. The molecule has 0 spiro atoms. The maximum atomic E-state index is 12.3. The first-order chi connectivity index (χ1) is 9.02. The predicted molar refractivity (Wildman–Crippen MR) is 71.5 cm³/mol. The van der Waals surface area contributed by atoms with E-state index in [0.717, 1.165) is 12.8 Å². The number of anilines is 1. The first kappa shape index (κ1) is 13.6. The quantitative estimate of drug-likeness (QED) is 0.890. The van der Waals surface area contributed by atoms with Crippen molar-refractivity contribution < 1.29 is 9.90 Å². The Kier molecular flexibility index (Phi) is 3.87. The molecule has 0 aromatic carbocycles. The van der Waals surface area contributed by atoms with Crippen molar-refractivity contribution in [3.05, 3.63) is 22.7 Å². The van der Waals surface area contributed by atoms with Crippen molar-refractivity contribution >= 4 is 11.8 Å². The number of piperidine rings is 1. The van der Waals surface area contributed by atoms with E-state index >= 15 is 0 Å². The summed E-state index contributed by atoms with van der Waals surface area (Å²) in [6.45, 7) is 4.40. The van der Waals surface area contributed by atoms with E-state index in [-0.39, 0.29) is 17.4 Å². The van der Waals surface area contributed by atoms with E-state index in [2.05, 4.69) is 4.98 Å². The van der Waals surface area contributed by atoms with Crippen LogP contribution >= 0.6 is 0 Å². The standard InChI is InChI=1S/C13H19N3O3/c1-9(2)15-8-6-14-11(12(15)17)16-7-4-3-5-10(16)13(18)19/h6,8-10H,3-5,7H2,1-2H3,(H,18,19). The van der Waals surface area contributed by atoms with Gasteiger partial charge in [0.15, 0.2) is 5.82 Å². The van der Waals surface area contributed by atoms with E-state index in [1.807, 2.05) is 13.8 Å². The number of carboxylic acids is 1. The van der Waals surface area contributed by atoms with Gasteiger partial charge in [-0.2, -0.15) is 0 Å². The molecule has 0 saturated carbocycles. The lowest BCUT2D eigenvalue weighted by atomic mass is 10.0. The fourth-order valence-corrected chi connectivity index (χ4v) is 2.46. The number of nitrogens with zero attached hydrogens (tertiary/aromatic N) is 3. The number of carbonyl (C=O) groups is 1. The molecule has 0 bridgehead atoms. The zero-order valence-electron chi connectivity index (χ0n) is 11.2. The first-order valence-corrected chi connectivity index (χ1v) is 6.59. The van der Waals surface area contributed by atoms with Crippen LogP contribution in [0.2, 0.25) is 0 Å². The van der Waals surface area contributed by atoms with Gasteiger partial charge in [0.1, 0.15) is 6.04 Å². The number of carboxylic acid groups (broad SMARTS) is 1. The Morgan fingerprint density at radius 1 is 1.47 bits per heavy atom. The summed E-state index contributed by atoms with van der Waals surface area (Å²) in [4.78, 5) is 29.4. The molecule has 1 aliphatic heterocycles. The SMILES string of the molecule is CC(C)n1ccnc(N2CCCCC2C(=O)O)c1=O. The van der Waals surface area contributed by atoms with Gasteiger partial charge in [-0.1, -0.05) is 0 Å². The number of rotatable bonds is 3. The second-order valence-electron chi connectivity index (χ2n) is 5.10. The van der Waals surface area contributed by atoms with Crippen LogP contribution in [0, 0.1) is 0 Å². The molecule has 1 N–H and O–H groups in total. The normalized spacial score (nSPS) is 19.7. The lowest BCUT2D eigenvalue weighted by molar-refractivity contribution is -0.139. The van der Waals surface area contributed by atoms with Crippen LogP contribution in [0.15, 0.2) is 17.2 Å².